The van der Waals surface area contributed by atoms with Crippen molar-refractivity contribution in [1.29, 1.82) is 0 Å². The fraction of sp³-hybridized carbons (Fsp3) is 0.0870. The van der Waals surface area contributed by atoms with E-state index in [9.17, 15) is 16.8 Å². The second-order valence-corrected chi connectivity index (χ2v) is 9.74. The molecule has 3 N–H and O–H groups in total. The molecular weight excluding hydrogens is 464 g/mol. The number of nitrogens with one attached hydrogen (secondary N) is 1. The molecule has 0 radical (unpaired) electrons. The van der Waals surface area contributed by atoms with Crippen LogP contribution in [0.5, 0.6) is 0 Å². The van der Waals surface area contributed by atoms with Gasteiger partial charge >= 0.3 is 0 Å². The van der Waals surface area contributed by atoms with Gasteiger partial charge in [-0.1, -0.05) is 53.6 Å². The van der Waals surface area contributed by atoms with E-state index in [0.717, 1.165) is 22.4 Å². The molecule has 3 aromatic rings. The van der Waals surface area contributed by atoms with E-state index >= 15 is 0 Å². The molecule has 174 valence electrons. The van der Waals surface area contributed by atoms with Crippen LogP contribution >= 0.6 is 0 Å². The van der Waals surface area contributed by atoms with E-state index in [1.165, 1.54) is 24.3 Å². The third-order valence-corrected chi connectivity index (χ3v) is 5.95. The van der Waals surface area contributed by atoms with Crippen molar-refractivity contribution in [3.8, 4) is 0 Å². The number of para-hydroxylation sites is 1. The first-order valence-corrected chi connectivity index (χ1v) is 12.5. The molecule has 0 amide bonds. The quantitative estimate of drug-likeness (QED) is 0.453. The Morgan fingerprint density at radius 3 is 1.61 bits per heavy atom. The molecule has 0 saturated carbocycles. The molecule has 0 saturated heterocycles. The van der Waals surface area contributed by atoms with Gasteiger partial charge in [0.25, 0.3) is 20.2 Å². The van der Waals surface area contributed by atoms with Crippen molar-refractivity contribution in [3.05, 3.63) is 102 Å². The number of aliphatic imine (C=N–C) groups is 1. The predicted molar refractivity (Wildman–Crippen MR) is 129 cm³/mol. The molecule has 0 bridgehead atoms. The Hall–Kier alpha value is -3.31. The van der Waals surface area contributed by atoms with Crippen LogP contribution in [0.15, 0.2) is 100.0 Å². The zero-order chi connectivity index (χ0) is 24.5. The van der Waals surface area contributed by atoms with Gasteiger partial charge in [0, 0.05) is 29.9 Å². The summed E-state index contributed by atoms with van der Waals surface area (Å²) in [5.41, 5.74) is 4.14. The molecule has 1 aliphatic rings. The first-order valence-electron chi connectivity index (χ1n) is 9.59. The van der Waals surface area contributed by atoms with Gasteiger partial charge in [0.1, 0.15) is 0 Å². The standard InChI is InChI=1S/C9H8N2.2C7H8O3S/c1-2-4-9-8(3-1)7-10-5-6-11-9;2*1-6-2-4-7(5-3-6)11(8,9)10/h1-7,11H;2*2-5H,1H3,(H,8,9,10). The lowest BCUT2D eigenvalue weighted by Crippen LogP contribution is -1.96. The maximum atomic E-state index is 10.5. The molecule has 1 heterocycles. The monoisotopic (exact) mass is 488 g/mol. The van der Waals surface area contributed by atoms with Crippen molar-refractivity contribution in [2.45, 2.75) is 23.6 Å². The molecule has 0 fully saturated rings. The number of hydrogen-bond acceptors (Lipinski definition) is 6. The Bertz CT molecular complexity index is 1260. The minimum atomic E-state index is -4.02. The number of fused-ring (bicyclic) bond motifs is 1. The van der Waals surface area contributed by atoms with E-state index in [1.807, 2.05) is 50.5 Å². The van der Waals surface area contributed by atoms with Crippen LogP contribution in [0.1, 0.15) is 16.7 Å². The van der Waals surface area contributed by atoms with Crippen LogP contribution in [0.25, 0.3) is 0 Å². The largest absolute Gasteiger partial charge is 0.360 e. The van der Waals surface area contributed by atoms with Crippen LogP contribution < -0.4 is 5.32 Å². The van der Waals surface area contributed by atoms with E-state index in [0.29, 0.717) is 0 Å². The van der Waals surface area contributed by atoms with Crippen molar-refractivity contribution in [2.75, 3.05) is 5.32 Å². The Morgan fingerprint density at radius 1 is 0.697 bits per heavy atom. The van der Waals surface area contributed by atoms with Gasteiger partial charge in [-0.2, -0.15) is 16.8 Å². The van der Waals surface area contributed by atoms with Crippen LogP contribution in [0.2, 0.25) is 0 Å². The lowest BCUT2D eigenvalue weighted by Gasteiger charge is -2.01. The van der Waals surface area contributed by atoms with Gasteiger partial charge in [0.2, 0.25) is 0 Å². The summed E-state index contributed by atoms with van der Waals surface area (Å²) in [6, 6.07) is 20.0. The zero-order valence-electron chi connectivity index (χ0n) is 18.0. The number of anilines is 1. The summed E-state index contributed by atoms with van der Waals surface area (Å²) < 4.78 is 59.1. The third-order valence-electron chi connectivity index (χ3n) is 4.21. The average molecular weight is 489 g/mol. The SMILES string of the molecule is C1=CNc2ccccc2C=N1.Cc1ccc(S(=O)(=O)O)cc1.Cc1ccc(S(=O)(=O)O)cc1. The number of hydrogen-bond donors (Lipinski definition) is 3. The molecule has 0 atom stereocenters. The fourth-order valence-corrected chi connectivity index (χ4v) is 3.41. The summed E-state index contributed by atoms with van der Waals surface area (Å²) in [6.45, 7) is 3.68. The van der Waals surface area contributed by atoms with Crippen LogP contribution in [0.4, 0.5) is 5.69 Å². The number of nitrogens with zero attached hydrogens (tertiary/aromatic N) is 1. The van der Waals surface area contributed by atoms with Crippen molar-refractivity contribution in [1.82, 2.24) is 0 Å². The van der Waals surface area contributed by atoms with Crippen molar-refractivity contribution in [2.24, 2.45) is 4.99 Å². The average Bonchev–Trinajstić information content (AvgIpc) is 3.00. The second-order valence-electron chi connectivity index (χ2n) is 6.90. The lowest BCUT2D eigenvalue weighted by atomic mass is 10.2. The van der Waals surface area contributed by atoms with Crippen LogP contribution in [0.3, 0.4) is 0 Å². The topological polar surface area (TPSA) is 133 Å². The molecule has 0 spiro atoms. The van der Waals surface area contributed by atoms with Gasteiger partial charge in [0.05, 0.1) is 9.79 Å². The van der Waals surface area contributed by atoms with Crippen molar-refractivity contribution in [3.63, 3.8) is 0 Å². The first-order chi connectivity index (χ1) is 15.5. The summed E-state index contributed by atoms with van der Waals surface area (Å²) in [7, 11) is -8.04. The van der Waals surface area contributed by atoms with Gasteiger partial charge in [-0.05, 0) is 44.2 Å². The van der Waals surface area contributed by atoms with Gasteiger partial charge in [-0.15, -0.1) is 0 Å². The van der Waals surface area contributed by atoms with Crippen LogP contribution in [0, 0.1) is 13.8 Å². The Morgan fingerprint density at radius 2 is 1.15 bits per heavy atom. The molecule has 0 aliphatic carbocycles. The molecule has 0 unspecified atom stereocenters. The summed E-state index contributed by atoms with van der Waals surface area (Å²) in [6.07, 6.45) is 5.40. The highest BCUT2D eigenvalue weighted by atomic mass is 32.2. The third kappa shape index (κ3) is 8.99. The van der Waals surface area contributed by atoms with Gasteiger partial charge in [0.15, 0.2) is 0 Å². The minimum absolute atomic E-state index is 0.0666. The summed E-state index contributed by atoms with van der Waals surface area (Å²) in [4.78, 5) is 3.91. The molecule has 0 aromatic heterocycles. The fourth-order valence-electron chi connectivity index (χ4n) is 2.45. The lowest BCUT2D eigenvalue weighted by molar-refractivity contribution is 0.481. The number of rotatable bonds is 2. The minimum Gasteiger partial charge on any atom is -0.360 e. The molecule has 10 heteroatoms. The Balaban J connectivity index is 0.000000175. The normalized spacial score (nSPS) is 12.1. The van der Waals surface area contributed by atoms with E-state index in [1.54, 1.807) is 30.5 Å². The molecule has 3 aromatic carbocycles. The molecule has 4 rings (SSSR count). The predicted octanol–water partition coefficient (Wildman–Crippen LogP) is 4.49. The van der Waals surface area contributed by atoms with Gasteiger partial charge < -0.3 is 5.32 Å². The van der Waals surface area contributed by atoms with Crippen LogP contribution in [-0.2, 0) is 20.2 Å². The first kappa shape index (κ1) is 25.9. The highest BCUT2D eigenvalue weighted by Crippen LogP contribution is 2.14. The van der Waals surface area contributed by atoms with E-state index in [2.05, 4.69) is 10.3 Å². The molecule has 8 nitrogen and oxygen atoms in total. The zero-order valence-corrected chi connectivity index (χ0v) is 19.6. The summed E-state index contributed by atoms with van der Waals surface area (Å²) in [5.74, 6) is 0. The van der Waals surface area contributed by atoms with Gasteiger partial charge in [-0.25, -0.2) is 0 Å². The summed E-state index contributed by atoms with van der Waals surface area (Å²) in [5, 5.41) is 3.12. The molecular formula is C23H24N2O6S2. The smallest absolute Gasteiger partial charge is 0.294 e. The molecule has 33 heavy (non-hydrogen) atoms. The van der Waals surface area contributed by atoms with E-state index in [-0.39, 0.29) is 9.79 Å². The Kier molecular flexibility index (Phi) is 9.06. The van der Waals surface area contributed by atoms with Gasteiger partial charge in [-0.3, -0.25) is 14.1 Å². The summed E-state index contributed by atoms with van der Waals surface area (Å²) >= 11 is 0. The van der Waals surface area contributed by atoms with E-state index in [4.69, 9.17) is 9.11 Å². The Labute approximate surface area is 193 Å². The van der Waals surface area contributed by atoms with Crippen molar-refractivity contribution < 1.29 is 25.9 Å². The number of benzene rings is 3. The second kappa shape index (κ2) is 11.5. The van der Waals surface area contributed by atoms with Crippen LogP contribution in [-0.4, -0.2) is 32.2 Å². The maximum Gasteiger partial charge on any atom is 0.294 e. The number of aryl methyl sites for hydroxylation is 2. The highest BCUT2D eigenvalue weighted by Gasteiger charge is 2.07. The van der Waals surface area contributed by atoms with E-state index < -0.39 is 20.2 Å². The van der Waals surface area contributed by atoms with Crippen molar-refractivity contribution >= 4 is 32.1 Å². The molecule has 1 aliphatic heterocycles. The highest BCUT2D eigenvalue weighted by molar-refractivity contribution is 7.86. The maximum absolute atomic E-state index is 10.5.